The van der Waals surface area contributed by atoms with Gasteiger partial charge in [-0.25, -0.2) is 0 Å². The number of carbonyl (C=O) groups is 2. The minimum absolute atomic E-state index is 0.0193. The molecule has 3 aromatic carbocycles. The number of rotatable bonds is 5. The van der Waals surface area contributed by atoms with E-state index in [4.69, 9.17) is 5.11 Å². The van der Waals surface area contributed by atoms with Crippen molar-refractivity contribution in [1.29, 1.82) is 0 Å². The van der Waals surface area contributed by atoms with Gasteiger partial charge in [-0.05, 0) is 41.3 Å². The van der Waals surface area contributed by atoms with Crippen molar-refractivity contribution in [3.63, 3.8) is 0 Å². The Bertz CT molecular complexity index is 1180. The van der Waals surface area contributed by atoms with Crippen molar-refractivity contribution in [2.45, 2.75) is 25.7 Å². The van der Waals surface area contributed by atoms with Gasteiger partial charge in [0.05, 0.1) is 11.4 Å². The molecular formula is C24H21NO3. The Morgan fingerprint density at radius 2 is 1.61 bits per heavy atom. The number of hydrogen-bond acceptors (Lipinski definition) is 2. The van der Waals surface area contributed by atoms with Crippen LogP contribution in [-0.4, -0.2) is 21.6 Å². The fourth-order valence-corrected chi connectivity index (χ4v) is 3.84. The highest BCUT2D eigenvalue weighted by molar-refractivity contribution is 5.99. The first-order valence-corrected chi connectivity index (χ1v) is 9.39. The van der Waals surface area contributed by atoms with E-state index in [0.717, 1.165) is 32.8 Å². The lowest BCUT2D eigenvalue weighted by atomic mass is 9.94. The van der Waals surface area contributed by atoms with E-state index in [1.165, 1.54) is 0 Å². The van der Waals surface area contributed by atoms with Gasteiger partial charge in [-0.1, -0.05) is 60.7 Å². The molecule has 0 aliphatic rings. The van der Waals surface area contributed by atoms with Crippen molar-refractivity contribution >= 4 is 33.6 Å². The van der Waals surface area contributed by atoms with Crippen molar-refractivity contribution in [3.8, 4) is 0 Å². The SMILES string of the molecule is CC(C(=O)n1cc(CCC(=O)O)c2ccccc21)c1cccc2ccccc12. The lowest BCUT2D eigenvalue weighted by Gasteiger charge is -2.15. The molecule has 1 aromatic heterocycles. The van der Waals surface area contributed by atoms with Crippen LogP contribution in [0.5, 0.6) is 0 Å². The predicted molar refractivity (Wildman–Crippen MR) is 111 cm³/mol. The minimum Gasteiger partial charge on any atom is -0.481 e. The molecule has 4 rings (SSSR count). The molecule has 4 aromatic rings. The Hall–Kier alpha value is -3.40. The van der Waals surface area contributed by atoms with Gasteiger partial charge in [0, 0.05) is 18.0 Å². The third kappa shape index (κ3) is 3.18. The fourth-order valence-electron chi connectivity index (χ4n) is 3.84. The first-order chi connectivity index (χ1) is 13.6. The highest BCUT2D eigenvalue weighted by atomic mass is 16.4. The standard InChI is InChI=1S/C24H21NO3/c1-16(19-11-6-8-17-7-2-3-9-20(17)19)24(28)25-15-18(13-14-23(26)27)21-10-4-5-12-22(21)25/h2-12,15-16H,13-14H2,1H3,(H,26,27). The van der Waals surface area contributed by atoms with Gasteiger partial charge in [0.15, 0.2) is 0 Å². The molecule has 0 amide bonds. The molecule has 0 aliphatic heterocycles. The van der Waals surface area contributed by atoms with Gasteiger partial charge in [0.2, 0.25) is 5.91 Å². The molecular weight excluding hydrogens is 350 g/mol. The molecule has 4 nitrogen and oxygen atoms in total. The second-order valence-corrected chi connectivity index (χ2v) is 7.06. The van der Waals surface area contributed by atoms with Gasteiger partial charge in [-0.2, -0.15) is 0 Å². The molecule has 0 spiro atoms. The third-order valence-corrected chi connectivity index (χ3v) is 5.30. The van der Waals surface area contributed by atoms with E-state index in [-0.39, 0.29) is 18.2 Å². The van der Waals surface area contributed by atoms with Gasteiger partial charge in [-0.3, -0.25) is 14.2 Å². The number of nitrogens with zero attached hydrogens (tertiary/aromatic N) is 1. The number of carboxylic acids is 1. The maximum absolute atomic E-state index is 13.4. The van der Waals surface area contributed by atoms with Crippen LogP contribution >= 0.6 is 0 Å². The summed E-state index contributed by atoms with van der Waals surface area (Å²) in [5, 5.41) is 12.1. The molecule has 1 unspecified atom stereocenters. The quantitative estimate of drug-likeness (QED) is 0.521. The number of hydrogen-bond donors (Lipinski definition) is 1. The zero-order valence-corrected chi connectivity index (χ0v) is 15.6. The van der Waals surface area contributed by atoms with E-state index in [1.54, 1.807) is 10.8 Å². The second-order valence-electron chi connectivity index (χ2n) is 7.06. The Balaban J connectivity index is 1.77. The summed E-state index contributed by atoms with van der Waals surface area (Å²) in [4.78, 5) is 24.4. The van der Waals surface area contributed by atoms with Gasteiger partial charge < -0.3 is 5.11 Å². The minimum atomic E-state index is -0.840. The smallest absolute Gasteiger partial charge is 0.303 e. The first kappa shape index (κ1) is 18.0. The molecule has 4 heteroatoms. The summed E-state index contributed by atoms with van der Waals surface area (Å²) in [6.07, 6.45) is 2.25. The van der Waals surface area contributed by atoms with Crippen LogP contribution in [0, 0.1) is 0 Å². The van der Waals surface area contributed by atoms with Crippen LogP contribution in [0.25, 0.3) is 21.7 Å². The van der Waals surface area contributed by atoms with Gasteiger partial charge in [0.25, 0.3) is 0 Å². The Morgan fingerprint density at radius 3 is 2.39 bits per heavy atom. The van der Waals surface area contributed by atoms with E-state index >= 15 is 0 Å². The largest absolute Gasteiger partial charge is 0.481 e. The summed E-state index contributed by atoms with van der Waals surface area (Å²) in [5.74, 6) is -1.18. The third-order valence-electron chi connectivity index (χ3n) is 5.30. The summed E-state index contributed by atoms with van der Waals surface area (Å²) < 4.78 is 1.68. The Morgan fingerprint density at radius 1 is 0.929 bits per heavy atom. The van der Waals surface area contributed by atoms with E-state index in [9.17, 15) is 9.59 Å². The molecule has 1 heterocycles. The fraction of sp³-hybridized carbons (Fsp3) is 0.167. The van der Waals surface area contributed by atoms with Crippen molar-refractivity contribution in [3.05, 3.63) is 84.1 Å². The number of fused-ring (bicyclic) bond motifs is 2. The van der Waals surface area contributed by atoms with Crippen molar-refractivity contribution in [2.75, 3.05) is 0 Å². The molecule has 0 saturated heterocycles. The number of benzene rings is 3. The number of carbonyl (C=O) groups excluding carboxylic acids is 1. The van der Waals surface area contributed by atoms with Gasteiger partial charge in [0.1, 0.15) is 0 Å². The zero-order chi connectivity index (χ0) is 19.7. The van der Waals surface area contributed by atoms with Crippen LogP contribution in [0.15, 0.2) is 72.9 Å². The molecule has 140 valence electrons. The maximum Gasteiger partial charge on any atom is 0.303 e. The molecule has 1 atom stereocenters. The number of aliphatic carboxylic acids is 1. The second kappa shape index (κ2) is 7.31. The Labute approximate surface area is 163 Å². The summed E-state index contributed by atoms with van der Waals surface area (Å²) in [7, 11) is 0. The summed E-state index contributed by atoms with van der Waals surface area (Å²) in [6, 6.07) is 21.8. The first-order valence-electron chi connectivity index (χ1n) is 9.39. The lowest BCUT2D eigenvalue weighted by Crippen LogP contribution is -2.17. The van der Waals surface area contributed by atoms with Crippen molar-refractivity contribution in [2.24, 2.45) is 0 Å². The van der Waals surface area contributed by atoms with Crippen molar-refractivity contribution in [1.82, 2.24) is 4.57 Å². The van der Waals surface area contributed by atoms with Crippen LogP contribution in [-0.2, 0) is 11.2 Å². The molecule has 0 radical (unpaired) electrons. The topological polar surface area (TPSA) is 59.3 Å². The number of aryl methyl sites for hydroxylation is 1. The summed E-state index contributed by atoms with van der Waals surface area (Å²) in [5.41, 5.74) is 2.70. The van der Waals surface area contributed by atoms with E-state index < -0.39 is 5.97 Å². The predicted octanol–water partition coefficient (Wildman–Crippen LogP) is 5.26. The highest BCUT2D eigenvalue weighted by Gasteiger charge is 2.22. The molecule has 0 aliphatic carbocycles. The molecule has 0 bridgehead atoms. The van der Waals surface area contributed by atoms with Crippen LogP contribution in [0.4, 0.5) is 0 Å². The number of para-hydroxylation sites is 1. The lowest BCUT2D eigenvalue weighted by molar-refractivity contribution is -0.136. The number of aromatic nitrogens is 1. The van der Waals surface area contributed by atoms with Gasteiger partial charge in [-0.15, -0.1) is 0 Å². The van der Waals surface area contributed by atoms with E-state index in [2.05, 4.69) is 0 Å². The summed E-state index contributed by atoms with van der Waals surface area (Å²) >= 11 is 0. The molecule has 1 N–H and O–H groups in total. The van der Waals surface area contributed by atoms with E-state index in [1.807, 2.05) is 73.7 Å². The molecule has 0 saturated carbocycles. The average Bonchev–Trinajstić information content (AvgIpc) is 3.09. The normalized spacial score (nSPS) is 12.3. The van der Waals surface area contributed by atoms with Crippen LogP contribution in [0.1, 0.15) is 35.2 Å². The molecule has 28 heavy (non-hydrogen) atoms. The average molecular weight is 371 g/mol. The zero-order valence-electron chi connectivity index (χ0n) is 15.6. The Kier molecular flexibility index (Phi) is 4.70. The maximum atomic E-state index is 13.4. The van der Waals surface area contributed by atoms with Gasteiger partial charge >= 0.3 is 5.97 Å². The highest BCUT2D eigenvalue weighted by Crippen LogP contribution is 2.29. The van der Waals surface area contributed by atoms with Crippen LogP contribution < -0.4 is 0 Å². The molecule has 0 fully saturated rings. The monoisotopic (exact) mass is 371 g/mol. The van der Waals surface area contributed by atoms with Crippen LogP contribution in [0.2, 0.25) is 0 Å². The van der Waals surface area contributed by atoms with Crippen molar-refractivity contribution < 1.29 is 14.7 Å². The number of carboxylic acid groups (broad SMARTS) is 1. The van der Waals surface area contributed by atoms with E-state index in [0.29, 0.717) is 6.42 Å². The summed E-state index contributed by atoms with van der Waals surface area (Å²) in [6.45, 7) is 1.93. The van der Waals surface area contributed by atoms with Crippen LogP contribution in [0.3, 0.4) is 0 Å².